The Labute approximate surface area is 81.8 Å². The Morgan fingerprint density at radius 1 is 1.62 bits per heavy atom. The van der Waals surface area contributed by atoms with Gasteiger partial charge in [-0.2, -0.15) is 11.3 Å². The van der Waals surface area contributed by atoms with Crippen molar-refractivity contribution < 1.29 is 10.2 Å². The Hall–Kier alpha value is -0.820. The van der Waals surface area contributed by atoms with E-state index in [9.17, 15) is 5.11 Å². The topological polar surface area (TPSA) is 40.5 Å². The molecule has 0 aliphatic rings. The van der Waals surface area contributed by atoms with E-state index >= 15 is 0 Å². The van der Waals surface area contributed by atoms with Crippen molar-refractivity contribution >= 4 is 11.3 Å². The first kappa shape index (κ1) is 10.3. The zero-order valence-electron chi connectivity index (χ0n) is 7.40. The Kier molecular flexibility index (Phi) is 3.97. The number of thiophene rings is 1. The van der Waals surface area contributed by atoms with Crippen LogP contribution in [0.2, 0.25) is 0 Å². The Bertz CT molecular complexity index is 294. The molecule has 1 rings (SSSR count). The van der Waals surface area contributed by atoms with Gasteiger partial charge in [-0.05, 0) is 11.4 Å². The van der Waals surface area contributed by atoms with Crippen LogP contribution in [-0.4, -0.2) is 22.9 Å². The van der Waals surface area contributed by atoms with Crippen LogP contribution in [0.1, 0.15) is 12.5 Å². The third kappa shape index (κ3) is 3.19. The quantitative estimate of drug-likeness (QED) is 0.695. The predicted octanol–water partition coefficient (Wildman–Crippen LogP) is 1.09. The SMILES string of the molecule is C[C@@H](CO)[C@H](O)C#Cc1ccsc1. The minimum atomic E-state index is -0.745. The lowest BCUT2D eigenvalue weighted by atomic mass is 10.1. The van der Waals surface area contributed by atoms with Crippen LogP contribution >= 0.6 is 11.3 Å². The van der Waals surface area contributed by atoms with Crippen molar-refractivity contribution in [3.05, 3.63) is 22.4 Å². The maximum absolute atomic E-state index is 9.39. The molecule has 0 spiro atoms. The van der Waals surface area contributed by atoms with Crippen LogP contribution in [0.15, 0.2) is 16.8 Å². The number of hydrogen-bond acceptors (Lipinski definition) is 3. The molecule has 0 aliphatic carbocycles. The van der Waals surface area contributed by atoms with Gasteiger partial charge in [-0.1, -0.05) is 18.8 Å². The molecule has 3 heteroatoms. The molecule has 0 aromatic carbocycles. The molecule has 0 radical (unpaired) electrons. The van der Waals surface area contributed by atoms with E-state index in [0.717, 1.165) is 5.56 Å². The lowest BCUT2D eigenvalue weighted by Crippen LogP contribution is -2.18. The minimum absolute atomic E-state index is 0.0422. The third-order valence-corrected chi connectivity index (χ3v) is 2.40. The summed E-state index contributed by atoms with van der Waals surface area (Å²) in [6.45, 7) is 1.71. The van der Waals surface area contributed by atoms with Crippen LogP contribution in [0.25, 0.3) is 0 Å². The monoisotopic (exact) mass is 196 g/mol. The van der Waals surface area contributed by atoms with Gasteiger partial charge in [-0.15, -0.1) is 0 Å². The zero-order valence-corrected chi connectivity index (χ0v) is 8.21. The van der Waals surface area contributed by atoms with E-state index in [2.05, 4.69) is 11.8 Å². The first-order valence-electron chi connectivity index (χ1n) is 4.06. The van der Waals surface area contributed by atoms with Gasteiger partial charge in [0.2, 0.25) is 0 Å². The number of aliphatic hydroxyl groups excluding tert-OH is 2. The summed E-state index contributed by atoms with van der Waals surface area (Å²) in [4.78, 5) is 0. The highest BCUT2D eigenvalue weighted by atomic mass is 32.1. The van der Waals surface area contributed by atoms with Crippen molar-refractivity contribution in [2.24, 2.45) is 5.92 Å². The van der Waals surface area contributed by atoms with Crippen LogP contribution in [-0.2, 0) is 0 Å². The number of hydrogen-bond donors (Lipinski definition) is 2. The van der Waals surface area contributed by atoms with E-state index < -0.39 is 6.10 Å². The van der Waals surface area contributed by atoms with Gasteiger partial charge in [0.1, 0.15) is 6.10 Å². The fourth-order valence-corrected chi connectivity index (χ4v) is 1.32. The lowest BCUT2D eigenvalue weighted by Gasteiger charge is -2.08. The van der Waals surface area contributed by atoms with E-state index in [1.807, 2.05) is 16.8 Å². The zero-order chi connectivity index (χ0) is 9.68. The molecular weight excluding hydrogens is 184 g/mol. The first-order chi connectivity index (χ1) is 6.24. The Morgan fingerprint density at radius 2 is 2.38 bits per heavy atom. The average molecular weight is 196 g/mol. The Morgan fingerprint density at radius 3 is 2.92 bits per heavy atom. The van der Waals surface area contributed by atoms with Crippen molar-refractivity contribution in [3.63, 3.8) is 0 Å². The second kappa shape index (κ2) is 5.03. The molecule has 1 aromatic rings. The Balaban J connectivity index is 2.57. The van der Waals surface area contributed by atoms with Gasteiger partial charge in [0.25, 0.3) is 0 Å². The van der Waals surface area contributed by atoms with Crippen LogP contribution in [0, 0.1) is 17.8 Å². The molecule has 2 nitrogen and oxygen atoms in total. The second-order valence-electron chi connectivity index (χ2n) is 2.89. The van der Waals surface area contributed by atoms with Gasteiger partial charge in [-0.3, -0.25) is 0 Å². The molecular formula is C10H12O2S. The fourth-order valence-electron chi connectivity index (χ4n) is 0.735. The van der Waals surface area contributed by atoms with E-state index in [4.69, 9.17) is 5.11 Å². The fraction of sp³-hybridized carbons (Fsp3) is 0.400. The van der Waals surface area contributed by atoms with Crippen LogP contribution in [0.4, 0.5) is 0 Å². The maximum Gasteiger partial charge on any atom is 0.119 e. The molecule has 0 amide bonds. The van der Waals surface area contributed by atoms with Crippen molar-refractivity contribution in [1.82, 2.24) is 0 Å². The number of aliphatic hydroxyl groups is 2. The van der Waals surface area contributed by atoms with E-state index in [1.54, 1.807) is 18.3 Å². The van der Waals surface area contributed by atoms with Crippen LogP contribution < -0.4 is 0 Å². The molecule has 0 fully saturated rings. The molecule has 0 unspecified atom stereocenters. The summed E-state index contributed by atoms with van der Waals surface area (Å²) in [7, 11) is 0. The van der Waals surface area contributed by atoms with Gasteiger partial charge in [0.15, 0.2) is 0 Å². The summed E-state index contributed by atoms with van der Waals surface area (Å²) in [5.74, 6) is 5.34. The minimum Gasteiger partial charge on any atom is -0.396 e. The summed E-state index contributed by atoms with van der Waals surface area (Å²) in [5.41, 5.74) is 0.911. The normalized spacial score (nSPS) is 14.4. The van der Waals surface area contributed by atoms with E-state index in [1.165, 1.54) is 0 Å². The molecule has 0 saturated carbocycles. The second-order valence-corrected chi connectivity index (χ2v) is 3.67. The lowest BCUT2D eigenvalue weighted by molar-refractivity contribution is 0.118. The van der Waals surface area contributed by atoms with Gasteiger partial charge >= 0.3 is 0 Å². The van der Waals surface area contributed by atoms with Crippen LogP contribution in [0.3, 0.4) is 0 Å². The largest absolute Gasteiger partial charge is 0.396 e. The molecule has 2 N–H and O–H groups in total. The highest BCUT2D eigenvalue weighted by molar-refractivity contribution is 7.08. The van der Waals surface area contributed by atoms with Crippen molar-refractivity contribution in [2.75, 3.05) is 6.61 Å². The smallest absolute Gasteiger partial charge is 0.119 e. The molecule has 0 bridgehead atoms. The molecule has 1 heterocycles. The molecule has 0 aliphatic heterocycles. The predicted molar refractivity (Wildman–Crippen MR) is 53.5 cm³/mol. The first-order valence-corrected chi connectivity index (χ1v) is 5.01. The van der Waals surface area contributed by atoms with E-state index in [0.29, 0.717) is 0 Å². The van der Waals surface area contributed by atoms with Gasteiger partial charge in [-0.25, -0.2) is 0 Å². The third-order valence-electron chi connectivity index (χ3n) is 1.71. The van der Waals surface area contributed by atoms with E-state index in [-0.39, 0.29) is 12.5 Å². The molecule has 1 aromatic heterocycles. The highest BCUT2D eigenvalue weighted by Crippen LogP contribution is 2.05. The van der Waals surface area contributed by atoms with Crippen LogP contribution in [0.5, 0.6) is 0 Å². The summed E-state index contributed by atoms with van der Waals surface area (Å²) in [6, 6.07) is 1.90. The molecule has 0 saturated heterocycles. The summed E-state index contributed by atoms with van der Waals surface area (Å²) < 4.78 is 0. The van der Waals surface area contributed by atoms with Gasteiger partial charge < -0.3 is 10.2 Å². The summed E-state index contributed by atoms with van der Waals surface area (Å²) >= 11 is 1.57. The number of rotatable bonds is 2. The molecule has 2 atom stereocenters. The van der Waals surface area contributed by atoms with Crippen molar-refractivity contribution in [1.29, 1.82) is 0 Å². The van der Waals surface area contributed by atoms with Crippen molar-refractivity contribution in [3.8, 4) is 11.8 Å². The van der Waals surface area contributed by atoms with Crippen molar-refractivity contribution in [2.45, 2.75) is 13.0 Å². The summed E-state index contributed by atoms with van der Waals surface area (Å²) in [6.07, 6.45) is -0.745. The maximum atomic E-state index is 9.39. The average Bonchev–Trinajstić information content (AvgIpc) is 2.65. The molecule has 13 heavy (non-hydrogen) atoms. The highest BCUT2D eigenvalue weighted by Gasteiger charge is 2.08. The van der Waals surface area contributed by atoms with Gasteiger partial charge in [0, 0.05) is 23.5 Å². The summed E-state index contributed by atoms with van der Waals surface area (Å²) in [5, 5.41) is 22.0. The van der Waals surface area contributed by atoms with Gasteiger partial charge in [0.05, 0.1) is 0 Å². The molecule has 70 valence electrons. The standard InChI is InChI=1S/C10H12O2S/c1-8(6-11)10(12)3-2-9-4-5-13-7-9/h4-5,7-8,10-12H,6H2,1H3/t8-,10+/m0/s1.